The molecule has 0 heterocycles. The molecule has 0 aromatic rings. The van der Waals surface area contributed by atoms with E-state index in [1.54, 1.807) is 23.5 Å². The van der Waals surface area contributed by atoms with Gasteiger partial charge in [-0.15, -0.1) is 23.5 Å². The highest BCUT2D eigenvalue weighted by Crippen LogP contribution is 2.37. The van der Waals surface area contributed by atoms with Gasteiger partial charge in [-0.3, -0.25) is 4.79 Å². The highest BCUT2D eigenvalue weighted by atomic mass is 32.2. The summed E-state index contributed by atoms with van der Waals surface area (Å²) in [4.78, 5) is 10.4. The highest BCUT2D eigenvalue weighted by molar-refractivity contribution is 8.05. The maximum absolute atomic E-state index is 10.4. The molecule has 1 aliphatic carbocycles. The molecule has 0 aromatic carbocycles. The van der Waals surface area contributed by atoms with Crippen molar-refractivity contribution in [1.29, 1.82) is 0 Å². The zero-order valence-corrected chi connectivity index (χ0v) is 9.07. The van der Waals surface area contributed by atoms with Crippen LogP contribution in [0.1, 0.15) is 19.3 Å². The van der Waals surface area contributed by atoms with Gasteiger partial charge in [-0.1, -0.05) is 13.0 Å². The molecule has 13 heavy (non-hydrogen) atoms. The first-order valence-corrected chi connectivity index (χ1v) is 6.33. The van der Waals surface area contributed by atoms with Crippen LogP contribution in [0.25, 0.3) is 0 Å². The van der Waals surface area contributed by atoms with E-state index in [1.165, 1.54) is 12.8 Å². The predicted molar refractivity (Wildman–Crippen MR) is 59.3 cm³/mol. The van der Waals surface area contributed by atoms with Gasteiger partial charge in [0.15, 0.2) is 0 Å². The van der Waals surface area contributed by atoms with Crippen molar-refractivity contribution in [2.75, 3.05) is 5.75 Å². The maximum Gasteiger partial charge on any atom is 0.313 e. The van der Waals surface area contributed by atoms with Gasteiger partial charge in [0.25, 0.3) is 0 Å². The van der Waals surface area contributed by atoms with Gasteiger partial charge in [0.2, 0.25) is 0 Å². The van der Waals surface area contributed by atoms with Gasteiger partial charge >= 0.3 is 5.97 Å². The quantitative estimate of drug-likeness (QED) is 0.769. The molecule has 0 aliphatic heterocycles. The molecule has 0 saturated heterocycles. The number of carboxylic acids is 1. The van der Waals surface area contributed by atoms with Gasteiger partial charge in [-0.2, -0.15) is 0 Å². The SMILES string of the molecule is C=CS[C@H]1CCCC1SCC(=O)O. The van der Waals surface area contributed by atoms with Gasteiger partial charge in [0.05, 0.1) is 5.75 Å². The summed E-state index contributed by atoms with van der Waals surface area (Å²) in [6.07, 6.45) is 3.58. The Balaban J connectivity index is 2.30. The zero-order chi connectivity index (χ0) is 9.68. The van der Waals surface area contributed by atoms with Gasteiger partial charge in [-0.05, 0) is 18.2 Å². The minimum absolute atomic E-state index is 0.235. The molecule has 2 atom stereocenters. The number of hydrogen-bond donors (Lipinski definition) is 1. The van der Waals surface area contributed by atoms with E-state index in [2.05, 4.69) is 6.58 Å². The molecule has 4 heteroatoms. The van der Waals surface area contributed by atoms with E-state index in [1.807, 2.05) is 5.41 Å². The Morgan fingerprint density at radius 2 is 2.23 bits per heavy atom. The number of thioether (sulfide) groups is 2. The summed E-state index contributed by atoms with van der Waals surface area (Å²) in [7, 11) is 0. The second kappa shape index (κ2) is 5.60. The summed E-state index contributed by atoms with van der Waals surface area (Å²) in [6, 6.07) is 0. The van der Waals surface area contributed by atoms with E-state index in [0.717, 1.165) is 6.42 Å². The normalized spacial score (nSPS) is 27.4. The van der Waals surface area contributed by atoms with Crippen LogP contribution in [-0.4, -0.2) is 27.3 Å². The average molecular weight is 218 g/mol. The monoisotopic (exact) mass is 218 g/mol. The number of carbonyl (C=O) groups is 1. The average Bonchev–Trinajstić information content (AvgIpc) is 2.49. The predicted octanol–water partition coefficient (Wildman–Crippen LogP) is 2.60. The van der Waals surface area contributed by atoms with Gasteiger partial charge in [0.1, 0.15) is 0 Å². The molecule has 1 N–H and O–H groups in total. The lowest BCUT2D eigenvalue weighted by atomic mass is 10.4. The van der Waals surface area contributed by atoms with Crippen LogP contribution in [0.15, 0.2) is 12.0 Å². The molecular weight excluding hydrogens is 204 g/mol. The van der Waals surface area contributed by atoms with Gasteiger partial charge in [-0.25, -0.2) is 0 Å². The molecule has 0 radical (unpaired) electrons. The highest BCUT2D eigenvalue weighted by Gasteiger charge is 2.27. The first-order chi connectivity index (χ1) is 6.24. The molecule has 0 aromatic heterocycles. The molecule has 74 valence electrons. The molecule has 1 rings (SSSR count). The Hall–Kier alpha value is -0.0900. The Morgan fingerprint density at radius 3 is 2.85 bits per heavy atom. The zero-order valence-electron chi connectivity index (χ0n) is 7.44. The van der Waals surface area contributed by atoms with Crippen molar-refractivity contribution >= 4 is 29.5 Å². The van der Waals surface area contributed by atoms with Crippen LogP contribution in [0.4, 0.5) is 0 Å². The first-order valence-electron chi connectivity index (χ1n) is 4.34. The first kappa shape index (κ1) is 11.0. The fourth-order valence-electron chi connectivity index (χ4n) is 1.54. The summed E-state index contributed by atoms with van der Waals surface area (Å²) < 4.78 is 0. The Kier molecular flexibility index (Phi) is 4.73. The van der Waals surface area contributed by atoms with Crippen molar-refractivity contribution in [3.8, 4) is 0 Å². The Bertz CT molecular complexity index is 194. The molecule has 1 fully saturated rings. The summed E-state index contributed by atoms with van der Waals surface area (Å²) >= 11 is 3.32. The summed E-state index contributed by atoms with van der Waals surface area (Å²) in [6.45, 7) is 3.69. The molecule has 0 amide bonds. The Morgan fingerprint density at radius 1 is 1.54 bits per heavy atom. The van der Waals surface area contributed by atoms with Crippen molar-refractivity contribution in [1.82, 2.24) is 0 Å². The second-order valence-electron chi connectivity index (χ2n) is 3.02. The third kappa shape index (κ3) is 3.65. The lowest BCUT2D eigenvalue weighted by Gasteiger charge is -2.15. The molecule has 0 bridgehead atoms. The lowest BCUT2D eigenvalue weighted by Crippen LogP contribution is -2.14. The van der Waals surface area contributed by atoms with E-state index in [9.17, 15) is 4.79 Å². The van der Waals surface area contributed by atoms with E-state index >= 15 is 0 Å². The topological polar surface area (TPSA) is 37.3 Å². The van der Waals surface area contributed by atoms with Crippen molar-refractivity contribution < 1.29 is 9.90 Å². The van der Waals surface area contributed by atoms with Crippen molar-refractivity contribution in [3.05, 3.63) is 12.0 Å². The fraction of sp³-hybridized carbons (Fsp3) is 0.667. The summed E-state index contributed by atoms with van der Waals surface area (Å²) in [5.41, 5.74) is 0. The maximum atomic E-state index is 10.4. The molecule has 0 spiro atoms. The second-order valence-corrected chi connectivity index (χ2v) is 5.45. The van der Waals surface area contributed by atoms with Crippen LogP contribution in [-0.2, 0) is 4.79 Å². The molecule has 1 saturated carbocycles. The third-order valence-corrected chi connectivity index (χ3v) is 4.77. The van der Waals surface area contributed by atoms with E-state index in [0.29, 0.717) is 10.5 Å². The fourth-order valence-corrected chi connectivity index (χ4v) is 3.87. The Labute approximate surface area is 87.2 Å². The minimum atomic E-state index is -0.709. The minimum Gasteiger partial charge on any atom is -0.481 e. The number of aliphatic carboxylic acids is 1. The van der Waals surface area contributed by atoms with Crippen molar-refractivity contribution in [2.45, 2.75) is 29.8 Å². The van der Waals surface area contributed by atoms with Gasteiger partial charge < -0.3 is 5.11 Å². The van der Waals surface area contributed by atoms with Crippen LogP contribution >= 0.6 is 23.5 Å². The lowest BCUT2D eigenvalue weighted by molar-refractivity contribution is -0.133. The van der Waals surface area contributed by atoms with Crippen LogP contribution in [0, 0.1) is 0 Å². The summed E-state index contributed by atoms with van der Waals surface area (Å²) in [5.74, 6) is -0.474. The van der Waals surface area contributed by atoms with Crippen LogP contribution in [0.3, 0.4) is 0 Å². The molecule has 1 aliphatic rings. The standard InChI is InChI=1S/C9H14O2S2/c1-2-12-7-4-3-5-8(7)13-6-9(10)11/h2,7-8H,1,3-6H2,(H,10,11)/t7-,8?/m0/s1. The number of rotatable bonds is 5. The third-order valence-electron chi connectivity index (χ3n) is 2.08. The molecular formula is C9H14O2S2. The van der Waals surface area contributed by atoms with Crippen molar-refractivity contribution in [2.24, 2.45) is 0 Å². The smallest absolute Gasteiger partial charge is 0.313 e. The largest absolute Gasteiger partial charge is 0.481 e. The number of carboxylic acid groups (broad SMARTS) is 1. The summed E-state index contributed by atoms with van der Waals surface area (Å²) in [5, 5.41) is 11.5. The van der Waals surface area contributed by atoms with Crippen molar-refractivity contribution in [3.63, 3.8) is 0 Å². The van der Waals surface area contributed by atoms with Gasteiger partial charge in [0, 0.05) is 10.5 Å². The number of hydrogen-bond acceptors (Lipinski definition) is 3. The van der Waals surface area contributed by atoms with E-state index < -0.39 is 5.97 Å². The van der Waals surface area contributed by atoms with E-state index in [4.69, 9.17) is 5.11 Å². The van der Waals surface area contributed by atoms with Crippen LogP contribution in [0.2, 0.25) is 0 Å². The van der Waals surface area contributed by atoms with Crippen LogP contribution in [0.5, 0.6) is 0 Å². The molecule has 2 nitrogen and oxygen atoms in total. The van der Waals surface area contributed by atoms with Crippen LogP contribution < -0.4 is 0 Å². The van der Waals surface area contributed by atoms with E-state index in [-0.39, 0.29) is 5.75 Å². The molecule has 1 unspecified atom stereocenters.